The van der Waals surface area contributed by atoms with Crippen LogP contribution in [0.3, 0.4) is 0 Å². The number of halogens is 3. The fraction of sp³-hybridized carbons (Fsp3) is 0.444. The number of aromatic nitrogens is 4. The van der Waals surface area contributed by atoms with Gasteiger partial charge in [-0.05, 0) is 12.5 Å². The fourth-order valence-corrected chi connectivity index (χ4v) is 6.70. The molecule has 188 valence electrons. The number of hydrogen-bond acceptors (Lipinski definition) is 10. The number of hydrogen-bond donors (Lipinski definition) is 4. The molecule has 0 radical (unpaired) electrons. The first-order valence-corrected chi connectivity index (χ1v) is 12.9. The molecular weight excluding hydrogens is 531 g/mol. The van der Waals surface area contributed by atoms with Crippen molar-refractivity contribution in [1.82, 2.24) is 30.4 Å². The number of aryl methyl sites for hydroxylation is 1. The highest BCUT2D eigenvalue weighted by Crippen LogP contribution is 2.42. The third kappa shape index (κ3) is 5.56. The van der Waals surface area contributed by atoms with E-state index < -0.39 is 35.4 Å². The average molecular weight is 550 g/mol. The highest BCUT2D eigenvalue weighted by atomic mass is 32.2. The number of anilines is 1. The Morgan fingerprint density at radius 3 is 2.80 bits per heavy atom. The minimum Gasteiger partial charge on any atom is -0.477 e. The lowest BCUT2D eigenvalue weighted by molar-refractivity contribution is -0.173. The summed E-state index contributed by atoms with van der Waals surface area (Å²) in [6, 6.07) is -0.724. The molecule has 2 aromatic rings. The molecule has 1 fully saturated rings. The lowest BCUT2D eigenvalue weighted by atomic mass is 10.0. The summed E-state index contributed by atoms with van der Waals surface area (Å²) in [6.45, 7) is 1.57. The highest BCUT2D eigenvalue weighted by Gasteiger charge is 2.53. The monoisotopic (exact) mass is 549 g/mol. The third-order valence-electron chi connectivity index (χ3n) is 4.99. The van der Waals surface area contributed by atoms with Crippen molar-refractivity contribution in [3.8, 4) is 0 Å². The van der Waals surface area contributed by atoms with Gasteiger partial charge in [0.15, 0.2) is 4.34 Å². The van der Waals surface area contributed by atoms with Gasteiger partial charge in [-0.3, -0.25) is 14.5 Å². The summed E-state index contributed by atoms with van der Waals surface area (Å²) in [7, 11) is 0. The number of alkyl halides is 3. The van der Waals surface area contributed by atoms with E-state index in [4.69, 9.17) is 0 Å². The predicted octanol–water partition coefficient (Wildman–Crippen LogP) is 1.62. The number of aliphatic carboxylic acids is 1. The number of carbonyl (C=O) groups excluding carboxylic acids is 2. The van der Waals surface area contributed by atoms with Crippen molar-refractivity contribution in [3.63, 3.8) is 0 Å². The van der Waals surface area contributed by atoms with E-state index in [1.54, 1.807) is 5.32 Å². The standard InChI is InChI=1S/C18H18F3N7O4S3/c1-7-26-27-17(35-7)34-6-8-5-33-13-10(12(29)28(13)11(8)14(30)31)25-16-23-4-9(24-16)2-3-22-15(32)18(19,20)21/h4,10,13H,2-3,5-6H2,1H3,(H,22,32)(H,30,31)(H2,23,24,25)/t10?,13-/m0/s1. The molecule has 0 aromatic carbocycles. The molecule has 4 rings (SSSR count). The van der Waals surface area contributed by atoms with Crippen LogP contribution in [-0.4, -0.2) is 83.6 Å². The van der Waals surface area contributed by atoms with E-state index in [9.17, 15) is 32.7 Å². The Bertz CT molecular complexity index is 1180. The lowest BCUT2D eigenvalue weighted by Gasteiger charge is -2.49. The van der Waals surface area contributed by atoms with Crippen LogP contribution in [0.15, 0.2) is 21.8 Å². The molecule has 2 aromatic heterocycles. The van der Waals surface area contributed by atoms with Gasteiger partial charge in [-0.1, -0.05) is 23.1 Å². The van der Waals surface area contributed by atoms with Crippen molar-refractivity contribution in [2.24, 2.45) is 0 Å². The first-order valence-electron chi connectivity index (χ1n) is 10.0. The van der Waals surface area contributed by atoms with Crippen LogP contribution >= 0.6 is 34.9 Å². The number of carboxylic acid groups (broad SMARTS) is 1. The van der Waals surface area contributed by atoms with E-state index in [0.29, 0.717) is 27.1 Å². The Hall–Kier alpha value is -2.79. The minimum absolute atomic E-state index is 0.0360. The zero-order valence-corrected chi connectivity index (χ0v) is 20.3. The average Bonchev–Trinajstić information content (AvgIpc) is 3.42. The van der Waals surface area contributed by atoms with Crippen LogP contribution in [0.1, 0.15) is 10.7 Å². The summed E-state index contributed by atoms with van der Waals surface area (Å²) in [5.41, 5.74) is 1.03. The molecule has 17 heteroatoms. The summed E-state index contributed by atoms with van der Waals surface area (Å²) in [5.74, 6) is -2.64. The first-order chi connectivity index (χ1) is 16.5. The summed E-state index contributed by atoms with van der Waals surface area (Å²) in [5, 5.41) is 22.8. The number of H-pyrrole nitrogens is 1. The lowest BCUT2D eigenvalue weighted by Crippen LogP contribution is -2.67. The maximum Gasteiger partial charge on any atom is 0.471 e. The van der Waals surface area contributed by atoms with Crippen LogP contribution in [0.25, 0.3) is 0 Å². The van der Waals surface area contributed by atoms with Gasteiger partial charge >= 0.3 is 18.1 Å². The number of fused-ring (bicyclic) bond motifs is 1. The molecule has 2 atom stereocenters. The van der Waals surface area contributed by atoms with Gasteiger partial charge in [0.05, 0.1) is 6.20 Å². The number of β-lactam (4-membered cyclic amide) rings is 1. The Balaban J connectivity index is 1.35. The van der Waals surface area contributed by atoms with Crippen molar-refractivity contribution in [2.45, 2.75) is 35.3 Å². The van der Waals surface area contributed by atoms with E-state index in [1.165, 1.54) is 46.0 Å². The van der Waals surface area contributed by atoms with Gasteiger partial charge in [-0.25, -0.2) is 9.78 Å². The van der Waals surface area contributed by atoms with Gasteiger partial charge in [0.1, 0.15) is 22.1 Å². The van der Waals surface area contributed by atoms with Crippen LogP contribution in [0.4, 0.5) is 19.1 Å². The molecule has 0 aliphatic carbocycles. The van der Waals surface area contributed by atoms with Gasteiger partial charge in [-0.15, -0.1) is 22.0 Å². The van der Waals surface area contributed by atoms with Crippen molar-refractivity contribution in [1.29, 1.82) is 0 Å². The molecular formula is C18H18F3N7O4S3. The zero-order valence-electron chi connectivity index (χ0n) is 17.9. The van der Waals surface area contributed by atoms with Crippen LogP contribution in [0, 0.1) is 6.92 Å². The molecule has 4 N–H and O–H groups in total. The number of amides is 2. The van der Waals surface area contributed by atoms with Crippen LogP contribution in [0.2, 0.25) is 0 Å². The molecule has 1 saturated heterocycles. The number of carboxylic acids is 1. The SMILES string of the molecule is Cc1nnc(SCC2=C(C(=O)O)N3C(=O)C(Nc4ncc(CCNC(=O)C(F)(F)F)[nH]4)[C@@H]3SC2)s1. The quantitative estimate of drug-likeness (QED) is 0.268. The number of aromatic amines is 1. The Morgan fingerprint density at radius 1 is 1.37 bits per heavy atom. The largest absolute Gasteiger partial charge is 0.477 e. The smallest absolute Gasteiger partial charge is 0.471 e. The minimum atomic E-state index is -4.95. The van der Waals surface area contributed by atoms with E-state index >= 15 is 0 Å². The molecule has 11 nitrogen and oxygen atoms in total. The second-order valence-corrected chi connectivity index (χ2v) is 10.9. The maximum absolute atomic E-state index is 12.8. The van der Waals surface area contributed by atoms with Crippen molar-refractivity contribution in [2.75, 3.05) is 23.4 Å². The Labute approximate surface area is 208 Å². The first kappa shape index (κ1) is 25.3. The van der Waals surface area contributed by atoms with E-state index in [0.717, 1.165) is 5.01 Å². The van der Waals surface area contributed by atoms with E-state index in [-0.39, 0.29) is 24.6 Å². The second kappa shape index (κ2) is 10.1. The number of carbonyl (C=O) groups is 3. The van der Waals surface area contributed by atoms with Gasteiger partial charge in [0.2, 0.25) is 5.95 Å². The number of thioether (sulfide) groups is 2. The molecule has 2 amide bonds. The van der Waals surface area contributed by atoms with E-state index in [2.05, 4.69) is 25.5 Å². The third-order valence-corrected chi connectivity index (χ3v) is 8.38. The van der Waals surface area contributed by atoms with E-state index in [1.807, 2.05) is 6.92 Å². The topological polar surface area (TPSA) is 153 Å². The summed E-state index contributed by atoms with van der Waals surface area (Å²) < 4.78 is 37.4. The molecule has 35 heavy (non-hydrogen) atoms. The van der Waals surface area contributed by atoms with Crippen LogP contribution in [0.5, 0.6) is 0 Å². The second-order valence-electron chi connectivity index (χ2n) is 7.43. The van der Waals surface area contributed by atoms with Gasteiger partial charge in [-0.2, -0.15) is 13.2 Å². The summed E-state index contributed by atoms with van der Waals surface area (Å²) >= 11 is 4.19. The molecule has 1 unspecified atom stereocenters. The number of rotatable bonds is 9. The van der Waals surface area contributed by atoms with Crippen LogP contribution in [-0.2, 0) is 20.8 Å². The number of nitrogens with zero attached hydrogens (tertiary/aromatic N) is 4. The summed E-state index contributed by atoms with van der Waals surface area (Å²) in [4.78, 5) is 43.8. The molecule has 2 aliphatic rings. The zero-order chi connectivity index (χ0) is 25.3. The predicted molar refractivity (Wildman–Crippen MR) is 122 cm³/mol. The van der Waals surface area contributed by atoms with Crippen molar-refractivity contribution >= 4 is 58.6 Å². The number of imidazole rings is 1. The van der Waals surface area contributed by atoms with Gasteiger partial charge in [0, 0.05) is 30.2 Å². The Kier molecular flexibility index (Phi) is 7.27. The normalized spacial score (nSPS) is 19.9. The molecule has 0 saturated carbocycles. The highest BCUT2D eigenvalue weighted by molar-refractivity contribution is 8.01. The molecule has 0 spiro atoms. The van der Waals surface area contributed by atoms with Crippen LogP contribution < -0.4 is 10.6 Å². The molecule has 0 bridgehead atoms. The molecule has 4 heterocycles. The van der Waals surface area contributed by atoms with Gasteiger partial charge in [0.25, 0.3) is 5.91 Å². The van der Waals surface area contributed by atoms with Crippen molar-refractivity contribution in [3.05, 3.63) is 28.2 Å². The Morgan fingerprint density at radius 2 is 2.14 bits per heavy atom. The molecule has 2 aliphatic heterocycles. The maximum atomic E-state index is 12.8. The fourth-order valence-electron chi connectivity index (χ4n) is 3.40. The number of nitrogens with one attached hydrogen (secondary N) is 3. The van der Waals surface area contributed by atoms with Gasteiger partial charge < -0.3 is 20.7 Å². The summed E-state index contributed by atoms with van der Waals surface area (Å²) in [6.07, 6.45) is -3.50. The van der Waals surface area contributed by atoms with Crippen molar-refractivity contribution < 1.29 is 32.7 Å².